The molecule has 0 aromatic heterocycles. The number of hydrogen-bond donors (Lipinski definition) is 3. The summed E-state index contributed by atoms with van der Waals surface area (Å²) in [5.74, 6) is 0.310. The van der Waals surface area contributed by atoms with Gasteiger partial charge in [0, 0.05) is 12.6 Å². The molecule has 1 aromatic rings. The van der Waals surface area contributed by atoms with Gasteiger partial charge in [-0.25, -0.2) is 0 Å². The first kappa shape index (κ1) is 11.4. The van der Waals surface area contributed by atoms with Crippen LogP contribution in [-0.2, 0) is 6.54 Å². The Labute approximate surface area is 96.1 Å². The molecule has 0 amide bonds. The van der Waals surface area contributed by atoms with Gasteiger partial charge in [-0.15, -0.1) is 0 Å². The third-order valence-corrected chi connectivity index (χ3v) is 3.23. The van der Waals surface area contributed by atoms with Gasteiger partial charge in [0.1, 0.15) is 5.75 Å². The Morgan fingerprint density at radius 3 is 2.31 bits per heavy atom. The van der Waals surface area contributed by atoms with Gasteiger partial charge in [-0.05, 0) is 43.4 Å². The molecule has 0 saturated heterocycles. The highest BCUT2D eigenvalue weighted by molar-refractivity contribution is 5.25. The van der Waals surface area contributed by atoms with Gasteiger partial charge in [-0.1, -0.05) is 12.1 Å². The molecule has 0 aliphatic heterocycles. The topological polar surface area (TPSA) is 52.5 Å². The van der Waals surface area contributed by atoms with E-state index in [9.17, 15) is 5.11 Å². The van der Waals surface area contributed by atoms with Crippen molar-refractivity contribution in [3.05, 3.63) is 29.8 Å². The lowest BCUT2D eigenvalue weighted by Gasteiger charge is -2.26. The first-order valence-corrected chi connectivity index (χ1v) is 5.93. The summed E-state index contributed by atoms with van der Waals surface area (Å²) in [6.07, 6.45) is 3.84. The largest absolute Gasteiger partial charge is 0.508 e. The summed E-state index contributed by atoms with van der Waals surface area (Å²) in [5, 5.41) is 22.0. The van der Waals surface area contributed by atoms with Crippen molar-refractivity contribution in [3.63, 3.8) is 0 Å². The van der Waals surface area contributed by atoms with Crippen molar-refractivity contribution in [1.29, 1.82) is 0 Å². The Morgan fingerprint density at radius 2 is 1.69 bits per heavy atom. The zero-order valence-corrected chi connectivity index (χ0v) is 9.39. The minimum atomic E-state index is -0.0910. The van der Waals surface area contributed by atoms with Crippen LogP contribution >= 0.6 is 0 Å². The van der Waals surface area contributed by atoms with Gasteiger partial charge in [-0.3, -0.25) is 0 Å². The van der Waals surface area contributed by atoms with E-state index in [1.807, 2.05) is 12.1 Å². The Bertz CT molecular complexity index is 315. The molecule has 1 aliphatic rings. The van der Waals surface area contributed by atoms with E-state index in [2.05, 4.69) is 5.32 Å². The van der Waals surface area contributed by atoms with Crippen LogP contribution in [-0.4, -0.2) is 22.4 Å². The van der Waals surface area contributed by atoms with Crippen molar-refractivity contribution < 1.29 is 10.2 Å². The van der Waals surface area contributed by atoms with Gasteiger partial charge in [0.15, 0.2) is 0 Å². The lowest BCUT2D eigenvalue weighted by atomic mass is 9.93. The van der Waals surface area contributed by atoms with E-state index >= 15 is 0 Å². The number of aliphatic hydroxyl groups is 1. The van der Waals surface area contributed by atoms with Crippen LogP contribution in [0.5, 0.6) is 5.75 Å². The van der Waals surface area contributed by atoms with Gasteiger partial charge in [0.05, 0.1) is 6.10 Å². The molecule has 0 bridgehead atoms. The molecule has 3 heteroatoms. The molecule has 1 aliphatic carbocycles. The van der Waals surface area contributed by atoms with Crippen LogP contribution in [0.3, 0.4) is 0 Å². The van der Waals surface area contributed by atoms with E-state index in [4.69, 9.17) is 5.11 Å². The van der Waals surface area contributed by atoms with Gasteiger partial charge in [-0.2, -0.15) is 0 Å². The van der Waals surface area contributed by atoms with Crippen LogP contribution in [0.2, 0.25) is 0 Å². The van der Waals surface area contributed by atoms with E-state index < -0.39 is 0 Å². The van der Waals surface area contributed by atoms with E-state index in [0.717, 1.165) is 32.2 Å². The highest BCUT2D eigenvalue weighted by Gasteiger charge is 2.18. The van der Waals surface area contributed by atoms with E-state index in [1.165, 1.54) is 5.56 Å². The van der Waals surface area contributed by atoms with Crippen molar-refractivity contribution in [2.24, 2.45) is 0 Å². The van der Waals surface area contributed by atoms with Crippen molar-refractivity contribution in [1.82, 2.24) is 5.32 Å². The van der Waals surface area contributed by atoms with Crippen LogP contribution in [0.1, 0.15) is 31.2 Å². The summed E-state index contributed by atoms with van der Waals surface area (Å²) in [7, 11) is 0. The summed E-state index contributed by atoms with van der Waals surface area (Å²) in [5.41, 5.74) is 1.18. The van der Waals surface area contributed by atoms with Crippen molar-refractivity contribution >= 4 is 0 Å². The molecule has 0 unspecified atom stereocenters. The quantitative estimate of drug-likeness (QED) is 0.729. The average molecular weight is 221 g/mol. The molecular formula is C13H19NO2. The maximum Gasteiger partial charge on any atom is 0.115 e. The third kappa shape index (κ3) is 3.22. The summed E-state index contributed by atoms with van der Waals surface area (Å²) in [4.78, 5) is 0. The average Bonchev–Trinajstić information content (AvgIpc) is 2.30. The Hall–Kier alpha value is -1.06. The fourth-order valence-electron chi connectivity index (χ4n) is 2.16. The number of hydrogen-bond acceptors (Lipinski definition) is 3. The molecule has 0 atom stereocenters. The first-order valence-electron chi connectivity index (χ1n) is 5.93. The summed E-state index contributed by atoms with van der Waals surface area (Å²) in [6.45, 7) is 0.834. The molecular weight excluding hydrogens is 202 g/mol. The molecule has 1 fully saturated rings. The van der Waals surface area contributed by atoms with E-state index in [0.29, 0.717) is 11.8 Å². The highest BCUT2D eigenvalue weighted by Crippen LogP contribution is 2.19. The number of phenolic OH excluding ortho intramolecular Hbond substituents is 1. The zero-order valence-electron chi connectivity index (χ0n) is 9.39. The number of phenols is 1. The minimum Gasteiger partial charge on any atom is -0.508 e. The monoisotopic (exact) mass is 221 g/mol. The predicted octanol–water partition coefficient (Wildman–Crippen LogP) is 1.79. The smallest absolute Gasteiger partial charge is 0.115 e. The third-order valence-electron chi connectivity index (χ3n) is 3.23. The van der Waals surface area contributed by atoms with Crippen LogP contribution in [0.15, 0.2) is 24.3 Å². The van der Waals surface area contributed by atoms with E-state index in [1.54, 1.807) is 12.1 Å². The van der Waals surface area contributed by atoms with Gasteiger partial charge in [0.2, 0.25) is 0 Å². The normalized spacial score (nSPS) is 25.6. The predicted molar refractivity (Wildman–Crippen MR) is 63.2 cm³/mol. The number of aromatic hydroxyl groups is 1. The highest BCUT2D eigenvalue weighted by atomic mass is 16.3. The summed E-state index contributed by atoms with van der Waals surface area (Å²) >= 11 is 0. The van der Waals surface area contributed by atoms with Gasteiger partial charge >= 0.3 is 0 Å². The summed E-state index contributed by atoms with van der Waals surface area (Å²) in [6, 6.07) is 7.81. The standard InChI is InChI=1S/C13H19NO2/c15-12-5-1-10(2-6-12)9-14-11-3-7-13(16)8-4-11/h1-2,5-6,11,13-16H,3-4,7-9H2. The minimum absolute atomic E-state index is 0.0910. The van der Waals surface area contributed by atoms with Crippen molar-refractivity contribution in [2.75, 3.05) is 0 Å². The van der Waals surface area contributed by atoms with Crippen LogP contribution < -0.4 is 5.32 Å². The second kappa shape index (κ2) is 5.32. The Morgan fingerprint density at radius 1 is 1.06 bits per heavy atom. The van der Waals surface area contributed by atoms with Crippen LogP contribution in [0.4, 0.5) is 0 Å². The SMILES string of the molecule is Oc1ccc(CNC2CCC(O)CC2)cc1. The first-order chi connectivity index (χ1) is 7.74. The maximum atomic E-state index is 9.39. The van der Waals surface area contributed by atoms with Gasteiger partial charge < -0.3 is 15.5 Å². The Kier molecular flexibility index (Phi) is 3.80. The van der Waals surface area contributed by atoms with E-state index in [-0.39, 0.29) is 6.10 Å². The molecule has 1 saturated carbocycles. The Balaban J connectivity index is 1.77. The molecule has 0 heterocycles. The lowest BCUT2D eigenvalue weighted by Crippen LogP contribution is -2.34. The molecule has 0 spiro atoms. The lowest BCUT2D eigenvalue weighted by molar-refractivity contribution is 0.116. The molecule has 2 rings (SSSR count). The second-order valence-corrected chi connectivity index (χ2v) is 4.55. The second-order valence-electron chi connectivity index (χ2n) is 4.55. The summed E-state index contributed by atoms with van der Waals surface area (Å²) < 4.78 is 0. The molecule has 88 valence electrons. The maximum absolute atomic E-state index is 9.39. The molecule has 16 heavy (non-hydrogen) atoms. The van der Waals surface area contributed by atoms with Gasteiger partial charge in [0.25, 0.3) is 0 Å². The molecule has 3 N–H and O–H groups in total. The molecule has 3 nitrogen and oxygen atoms in total. The number of benzene rings is 1. The van der Waals surface area contributed by atoms with Crippen LogP contribution in [0.25, 0.3) is 0 Å². The number of rotatable bonds is 3. The van der Waals surface area contributed by atoms with Crippen molar-refractivity contribution in [3.8, 4) is 5.75 Å². The number of nitrogens with one attached hydrogen (secondary N) is 1. The molecule has 1 aromatic carbocycles. The van der Waals surface area contributed by atoms with Crippen LogP contribution in [0, 0.1) is 0 Å². The van der Waals surface area contributed by atoms with Crippen molar-refractivity contribution in [2.45, 2.75) is 44.4 Å². The fourth-order valence-corrected chi connectivity index (χ4v) is 2.16. The number of aliphatic hydroxyl groups excluding tert-OH is 1. The molecule has 0 radical (unpaired) electrons. The zero-order chi connectivity index (χ0) is 11.4. The fraction of sp³-hybridized carbons (Fsp3) is 0.538.